The minimum absolute atomic E-state index is 0.210. The molecule has 3 heterocycles. The predicted octanol–water partition coefficient (Wildman–Crippen LogP) is 2.75. The molecule has 2 aliphatic heterocycles. The number of nitrogens with zero attached hydrogens (tertiary/aromatic N) is 3. The van der Waals surface area contributed by atoms with E-state index in [-0.39, 0.29) is 5.91 Å². The lowest BCUT2D eigenvalue weighted by Crippen LogP contribution is -2.51. The van der Waals surface area contributed by atoms with Gasteiger partial charge in [0.15, 0.2) is 0 Å². The first-order chi connectivity index (χ1) is 11.8. The lowest BCUT2D eigenvalue weighted by atomic mass is 10.1. The van der Waals surface area contributed by atoms with Gasteiger partial charge in [0.2, 0.25) is 0 Å². The second-order valence-electron chi connectivity index (χ2n) is 6.81. The molecule has 1 aromatic carbocycles. The lowest BCUT2D eigenvalue weighted by Gasteiger charge is -2.37. The quantitative estimate of drug-likeness (QED) is 0.857. The fourth-order valence-corrected chi connectivity index (χ4v) is 4.92. The number of fused-ring (bicyclic) bond motifs is 1. The summed E-state index contributed by atoms with van der Waals surface area (Å²) in [7, 11) is 0. The molecule has 2 fully saturated rings. The van der Waals surface area contributed by atoms with Crippen molar-refractivity contribution < 1.29 is 4.79 Å². The van der Waals surface area contributed by atoms with Crippen LogP contribution in [-0.4, -0.2) is 72.5 Å². The van der Waals surface area contributed by atoms with Crippen LogP contribution in [0, 0.1) is 0 Å². The molecule has 4 rings (SSSR count). The summed E-state index contributed by atoms with van der Waals surface area (Å²) in [6, 6.07) is 8.76. The Labute approximate surface area is 147 Å². The molecular formula is C19H25N3OS. The second-order valence-corrected chi connectivity index (χ2v) is 7.72. The molecule has 0 N–H and O–H groups in total. The number of amides is 1. The Bertz CT molecular complexity index is 720. The molecule has 1 aromatic heterocycles. The van der Waals surface area contributed by atoms with Crippen LogP contribution in [0.2, 0.25) is 0 Å². The molecule has 0 radical (unpaired) electrons. The highest BCUT2D eigenvalue weighted by Gasteiger charge is 2.32. The second kappa shape index (κ2) is 6.82. The van der Waals surface area contributed by atoms with Crippen LogP contribution >= 0.6 is 11.3 Å². The van der Waals surface area contributed by atoms with E-state index in [1.165, 1.54) is 4.70 Å². The Balaban J connectivity index is 1.42. The molecule has 0 spiro atoms. The summed E-state index contributed by atoms with van der Waals surface area (Å²) in [5.74, 6) is 0.210. The van der Waals surface area contributed by atoms with Crippen molar-refractivity contribution in [2.45, 2.75) is 19.4 Å². The Morgan fingerprint density at radius 3 is 2.75 bits per heavy atom. The van der Waals surface area contributed by atoms with E-state index in [0.29, 0.717) is 6.04 Å². The van der Waals surface area contributed by atoms with Gasteiger partial charge in [0, 0.05) is 60.8 Å². The van der Waals surface area contributed by atoms with E-state index in [2.05, 4.69) is 33.8 Å². The van der Waals surface area contributed by atoms with E-state index in [9.17, 15) is 4.79 Å². The number of carbonyl (C=O) groups is 1. The maximum absolute atomic E-state index is 13.0. The summed E-state index contributed by atoms with van der Waals surface area (Å²) in [6.45, 7) is 9.76. The van der Waals surface area contributed by atoms with Crippen molar-refractivity contribution in [3.63, 3.8) is 0 Å². The van der Waals surface area contributed by atoms with Crippen molar-refractivity contribution >= 4 is 27.3 Å². The lowest BCUT2D eigenvalue weighted by molar-refractivity contribution is 0.0747. The molecule has 1 amide bonds. The molecule has 1 unspecified atom stereocenters. The summed E-state index contributed by atoms with van der Waals surface area (Å²) in [4.78, 5) is 20.1. The minimum atomic E-state index is 0.210. The van der Waals surface area contributed by atoms with Crippen molar-refractivity contribution in [1.29, 1.82) is 0 Å². The number of carbonyl (C=O) groups excluding carboxylic acids is 1. The van der Waals surface area contributed by atoms with Crippen molar-refractivity contribution in [2.75, 3.05) is 45.8 Å². The molecule has 4 nitrogen and oxygen atoms in total. The zero-order valence-corrected chi connectivity index (χ0v) is 15.1. The Hall–Kier alpha value is -1.43. The Kier molecular flexibility index (Phi) is 4.57. The highest BCUT2D eigenvalue weighted by molar-refractivity contribution is 7.17. The third-order valence-corrected chi connectivity index (χ3v) is 6.50. The van der Waals surface area contributed by atoms with E-state index >= 15 is 0 Å². The fraction of sp³-hybridized carbons (Fsp3) is 0.526. The Morgan fingerprint density at radius 2 is 1.96 bits per heavy atom. The highest BCUT2D eigenvalue weighted by Crippen LogP contribution is 2.28. The molecule has 0 saturated carbocycles. The maximum Gasteiger partial charge on any atom is 0.255 e. The number of likely N-dealkylation sites (N-methyl/N-ethyl adjacent to an activating group) is 1. The van der Waals surface area contributed by atoms with E-state index in [1.807, 2.05) is 17.5 Å². The van der Waals surface area contributed by atoms with Gasteiger partial charge < -0.3 is 9.80 Å². The van der Waals surface area contributed by atoms with E-state index in [4.69, 9.17) is 0 Å². The van der Waals surface area contributed by atoms with Gasteiger partial charge >= 0.3 is 0 Å². The maximum atomic E-state index is 13.0. The first kappa shape index (κ1) is 16.1. The molecule has 2 aliphatic rings. The largest absolute Gasteiger partial charge is 0.337 e. The van der Waals surface area contributed by atoms with Gasteiger partial charge in [-0.1, -0.05) is 25.1 Å². The van der Waals surface area contributed by atoms with Crippen molar-refractivity contribution in [1.82, 2.24) is 14.7 Å². The van der Waals surface area contributed by atoms with Crippen LogP contribution in [-0.2, 0) is 0 Å². The molecule has 128 valence electrons. The molecule has 2 saturated heterocycles. The SMILES string of the molecule is CCN1CCN(C2CCN(C(=O)c3csc4ccccc34)C2)CC1. The van der Waals surface area contributed by atoms with Gasteiger partial charge in [-0.15, -0.1) is 11.3 Å². The van der Waals surface area contributed by atoms with Gasteiger partial charge in [0.1, 0.15) is 0 Å². The van der Waals surface area contributed by atoms with Crippen LogP contribution in [0.4, 0.5) is 0 Å². The van der Waals surface area contributed by atoms with Crippen molar-refractivity contribution in [3.8, 4) is 0 Å². The number of rotatable bonds is 3. The first-order valence-electron chi connectivity index (χ1n) is 8.98. The van der Waals surface area contributed by atoms with Gasteiger partial charge in [-0.2, -0.15) is 0 Å². The van der Waals surface area contributed by atoms with Crippen molar-refractivity contribution in [3.05, 3.63) is 35.2 Å². The molecule has 0 bridgehead atoms. The average Bonchev–Trinajstić information content (AvgIpc) is 3.28. The van der Waals surface area contributed by atoms with Gasteiger partial charge in [-0.3, -0.25) is 9.69 Å². The summed E-state index contributed by atoms with van der Waals surface area (Å²) in [5, 5.41) is 3.13. The number of piperazine rings is 1. The zero-order chi connectivity index (χ0) is 16.5. The first-order valence-corrected chi connectivity index (χ1v) is 9.86. The molecule has 0 aliphatic carbocycles. The topological polar surface area (TPSA) is 26.8 Å². The van der Waals surface area contributed by atoms with Crippen LogP contribution in [0.5, 0.6) is 0 Å². The van der Waals surface area contributed by atoms with Gasteiger partial charge in [-0.25, -0.2) is 0 Å². The number of benzene rings is 1. The predicted molar refractivity (Wildman–Crippen MR) is 99.8 cm³/mol. The summed E-state index contributed by atoms with van der Waals surface area (Å²) in [5.41, 5.74) is 0.882. The Morgan fingerprint density at radius 1 is 1.17 bits per heavy atom. The fourth-order valence-electron chi connectivity index (χ4n) is 3.98. The van der Waals surface area contributed by atoms with Gasteiger partial charge in [-0.05, 0) is 19.0 Å². The summed E-state index contributed by atoms with van der Waals surface area (Å²) in [6.07, 6.45) is 1.11. The molecule has 24 heavy (non-hydrogen) atoms. The van der Waals surface area contributed by atoms with Gasteiger partial charge in [0.05, 0.1) is 5.56 Å². The number of hydrogen-bond donors (Lipinski definition) is 0. The van der Waals surface area contributed by atoms with E-state index < -0.39 is 0 Å². The monoisotopic (exact) mass is 343 g/mol. The normalized spacial score (nSPS) is 23.2. The average molecular weight is 343 g/mol. The number of thiophene rings is 1. The third kappa shape index (κ3) is 2.96. The van der Waals surface area contributed by atoms with Crippen LogP contribution in [0.15, 0.2) is 29.6 Å². The highest BCUT2D eigenvalue weighted by atomic mass is 32.1. The number of likely N-dealkylation sites (tertiary alicyclic amines) is 1. The van der Waals surface area contributed by atoms with Crippen LogP contribution < -0.4 is 0 Å². The molecular weight excluding hydrogens is 318 g/mol. The zero-order valence-electron chi connectivity index (χ0n) is 14.3. The smallest absolute Gasteiger partial charge is 0.255 e. The van der Waals surface area contributed by atoms with Crippen molar-refractivity contribution in [2.24, 2.45) is 0 Å². The molecule has 1 atom stereocenters. The van der Waals surface area contributed by atoms with E-state index in [1.54, 1.807) is 11.3 Å². The standard InChI is InChI=1S/C19H25N3OS/c1-2-20-9-11-21(12-10-20)15-7-8-22(13-15)19(23)17-14-24-18-6-4-3-5-16(17)18/h3-6,14-15H,2,7-13H2,1H3. The third-order valence-electron chi connectivity index (χ3n) is 5.53. The molecule has 2 aromatic rings. The summed E-state index contributed by atoms with van der Waals surface area (Å²) >= 11 is 1.67. The van der Waals surface area contributed by atoms with Crippen LogP contribution in [0.1, 0.15) is 23.7 Å². The summed E-state index contributed by atoms with van der Waals surface area (Å²) < 4.78 is 1.20. The number of hydrogen-bond acceptors (Lipinski definition) is 4. The van der Waals surface area contributed by atoms with Gasteiger partial charge in [0.25, 0.3) is 5.91 Å². The van der Waals surface area contributed by atoms with E-state index in [0.717, 1.165) is 63.2 Å². The minimum Gasteiger partial charge on any atom is -0.337 e. The van der Waals surface area contributed by atoms with Crippen LogP contribution in [0.25, 0.3) is 10.1 Å². The molecule has 5 heteroatoms. The van der Waals surface area contributed by atoms with Crippen LogP contribution in [0.3, 0.4) is 0 Å².